The SMILES string of the molecule is CCCc1nc(N)cc(NCC2CCN(CC)C2)n1. The molecule has 0 bridgehead atoms. The smallest absolute Gasteiger partial charge is 0.133 e. The quantitative estimate of drug-likeness (QED) is 0.818. The number of nitrogens with one attached hydrogen (secondary N) is 1. The van der Waals surface area contributed by atoms with Crippen molar-refractivity contribution >= 4 is 11.6 Å². The lowest BCUT2D eigenvalue weighted by atomic mass is 10.1. The van der Waals surface area contributed by atoms with Crippen LogP contribution in [0.1, 0.15) is 32.5 Å². The molecule has 1 unspecified atom stereocenters. The van der Waals surface area contributed by atoms with Gasteiger partial charge in [0.2, 0.25) is 0 Å². The summed E-state index contributed by atoms with van der Waals surface area (Å²) in [4.78, 5) is 11.2. The second kappa shape index (κ2) is 6.70. The lowest BCUT2D eigenvalue weighted by molar-refractivity contribution is 0.345. The molecule has 1 aromatic rings. The Morgan fingerprint density at radius 1 is 1.42 bits per heavy atom. The van der Waals surface area contributed by atoms with E-state index in [1.165, 1.54) is 19.5 Å². The number of rotatable bonds is 6. The summed E-state index contributed by atoms with van der Waals surface area (Å²) < 4.78 is 0. The fourth-order valence-corrected chi connectivity index (χ4v) is 2.56. The van der Waals surface area contributed by atoms with Gasteiger partial charge < -0.3 is 16.0 Å². The number of nitrogen functional groups attached to an aromatic ring is 1. The Morgan fingerprint density at radius 2 is 2.26 bits per heavy atom. The van der Waals surface area contributed by atoms with E-state index in [9.17, 15) is 0 Å². The summed E-state index contributed by atoms with van der Waals surface area (Å²) >= 11 is 0. The van der Waals surface area contributed by atoms with Crippen molar-refractivity contribution < 1.29 is 0 Å². The van der Waals surface area contributed by atoms with E-state index < -0.39 is 0 Å². The van der Waals surface area contributed by atoms with Crippen LogP contribution in [0.25, 0.3) is 0 Å². The van der Waals surface area contributed by atoms with E-state index in [4.69, 9.17) is 5.73 Å². The summed E-state index contributed by atoms with van der Waals surface area (Å²) in [6, 6.07) is 1.83. The van der Waals surface area contributed by atoms with Gasteiger partial charge in [0, 0.05) is 25.6 Å². The van der Waals surface area contributed by atoms with Crippen LogP contribution in [-0.4, -0.2) is 41.0 Å². The molecule has 0 radical (unpaired) electrons. The van der Waals surface area contributed by atoms with Crippen molar-refractivity contribution in [1.82, 2.24) is 14.9 Å². The van der Waals surface area contributed by atoms with Crippen molar-refractivity contribution in [2.75, 3.05) is 37.2 Å². The lowest BCUT2D eigenvalue weighted by Crippen LogP contribution is -2.22. The van der Waals surface area contributed by atoms with E-state index >= 15 is 0 Å². The van der Waals surface area contributed by atoms with Crippen LogP contribution in [0.5, 0.6) is 0 Å². The van der Waals surface area contributed by atoms with Crippen molar-refractivity contribution in [3.05, 3.63) is 11.9 Å². The molecule has 1 fully saturated rings. The van der Waals surface area contributed by atoms with Gasteiger partial charge in [0.05, 0.1) is 0 Å². The van der Waals surface area contributed by atoms with E-state index in [0.717, 1.165) is 37.6 Å². The van der Waals surface area contributed by atoms with E-state index in [-0.39, 0.29) is 0 Å². The van der Waals surface area contributed by atoms with Gasteiger partial charge in [-0.15, -0.1) is 0 Å². The highest BCUT2D eigenvalue weighted by molar-refractivity contribution is 5.44. The number of hydrogen-bond acceptors (Lipinski definition) is 5. The number of likely N-dealkylation sites (tertiary alicyclic amines) is 1. The molecule has 5 heteroatoms. The van der Waals surface area contributed by atoms with Crippen LogP contribution < -0.4 is 11.1 Å². The van der Waals surface area contributed by atoms with Gasteiger partial charge in [0.25, 0.3) is 0 Å². The molecule has 2 heterocycles. The Morgan fingerprint density at radius 3 is 2.95 bits per heavy atom. The molecule has 0 saturated carbocycles. The summed E-state index contributed by atoms with van der Waals surface area (Å²) in [7, 11) is 0. The van der Waals surface area contributed by atoms with Gasteiger partial charge in [-0.1, -0.05) is 13.8 Å². The molecule has 1 aromatic heterocycles. The van der Waals surface area contributed by atoms with Crippen LogP contribution in [0.4, 0.5) is 11.6 Å². The highest BCUT2D eigenvalue weighted by Crippen LogP contribution is 2.17. The minimum Gasteiger partial charge on any atom is -0.384 e. The van der Waals surface area contributed by atoms with Crippen LogP contribution in [-0.2, 0) is 6.42 Å². The van der Waals surface area contributed by atoms with Crippen LogP contribution in [0.2, 0.25) is 0 Å². The zero-order valence-electron chi connectivity index (χ0n) is 12.0. The molecule has 0 aromatic carbocycles. The number of nitrogens with zero attached hydrogens (tertiary/aromatic N) is 3. The first-order chi connectivity index (χ1) is 9.21. The molecule has 0 spiro atoms. The predicted octanol–water partition coefficient (Wildman–Crippen LogP) is 1.76. The monoisotopic (exact) mass is 263 g/mol. The molecular formula is C14H25N5. The third-order valence-corrected chi connectivity index (χ3v) is 3.65. The molecule has 2 rings (SSSR count). The Balaban J connectivity index is 1.88. The van der Waals surface area contributed by atoms with Gasteiger partial charge in [0.1, 0.15) is 17.5 Å². The van der Waals surface area contributed by atoms with Gasteiger partial charge in [0.15, 0.2) is 0 Å². The van der Waals surface area contributed by atoms with Crippen LogP contribution in [0, 0.1) is 5.92 Å². The first-order valence-corrected chi connectivity index (χ1v) is 7.31. The van der Waals surface area contributed by atoms with Crippen LogP contribution >= 0.6 is 0 Å². The van der Waals surface area contributed by atoms with E-state index in [2.05, 4.69) is 34.0 Å². The summed E-state index contributed by atoms with van der Waals surface area (Å²) in [5.74, 6) is 2.98. The summed E-state index contributed by atoms with van der Waals surface area (Å²) in [6.07, 6.45) is 3.19. The van der Waals surface area contributed by atoms with E-state index in [1.807, 2.05) is 6.07 Å². The Labute approximate surface area is 115 Å². The van der Waals surface area contributed by atoms with Crippen LogP contribution in [0.3, 0.4) is 0 Å². The largest absolute Gasteiger partial charge is 0.384 e. The highest BCUT2D eigenvalue weighted by atomic mass is 15.1. The summed E-state index contributed by atoms with van der Waals surface area (Å²) in [5, 5.41) is 3.41. The van der Waals surface area contributed by atoms with E-state index in [0.29, 0.717) is 11.7 Å². The van der Waals surface area contributed by atoms with Gasteiger partial charge >= 0.3 is 0 Å². The van der Waals surface area contributed by atoms with E-state index in [1.54, 1.807) is 0 Å². The Hall–Kier alpha value is -1.36. The third kappa shape index (κ3) is 4.06. The molecule has 106 valence electrons. The molecule has 1 aliphatic rings. The van der Waals surface area contributed by atoms with Crippen molar-refractivity contribution in [3.8, 4) is 0 Å². The number of nitrogens with two attached hydrogens (primary N) is 1. The zero-order chi connectivity index (χ0) is 13.7. The van der Waals surface area contributed by atoms with Gasteiger partial charge in [-0.3, -0.25) is 0 Å². The van der Waals surface area contributed by atoms with Gasteiger partial charge in [-0.05, 0) is 31.8 Å². The Bertz CT molecular complexity index is 407. The molecule has 3 N–H and O–H groups in total. The van der Waals surface area contributed by atoms with Crippen molar-refractivity contribution in [1.29, 1.82) is 0 Å². The molecule has 5 nitrogen and oxygen atoms in total. The molecule has 1 aliphatic heterocycles. The molecular weight excluding hydrogens is 238 g/mol. The maximum Gasteiger partial charge on any atom is 0.133 e. The number of hydrogen-bond donors (Lipinski definition) is 2. The topological polar surface area (TPSA) is 67.1 Å². The number of anilines is 2. The average Bonchev–Trinajstić information content (AvgIpc) is 2.84. The maximum atomic E-state index is 5.82. The van der Waals surface area contributed by atoms with Crippen molar-refractivity contribution in [2.24, 2.45) is 5.92 Å². The second-order valence-electron chi connectivity index (χ2n) is 5.27. The molecule has 0 aliphatic carbocycles. The van der Waals surface area contributed by atoms with Crippen LogP contribution in [0.15, 0.2) is 6.07 Å². The summed E-state index contributed by atoms with van der Waals surface area (Å²) in [6.45, 7) is 8.87. The first-order valence-electron chi connectivity index (χ1n) is 7.31. The maximum absolute atomic E-state index is 5.82. The number of aryl methyl sites for hydroxylation is 1. The van der Waals surface area contributed by atoms with Crippen molar-refractivity contribution in [2.45, 2.75) is 33.1 Å². The Kier molecular flexibility index (Phi) is 4.96. The molecule has 19 heavy (non-hydrogen) atoms. The minimum absolute atomic E-state index is 0.558. The first kappa shape index (κ1) is 14.1. The second-order valence-corrected chi connectivity index (χ2v) is 5.27. The fraction of sp³-hybridized carbons (Fsp3) is 0.714. The molecule has 1 saturated heterocycles. The minimum atomic E-state index is 0.558. The highest BCUT2D eigenvalue weighted by Gasteiger charge is 2.20. The van der Waals surface area contributed by atoms with Gasteiger partial charge in [-0.25, -0.2) is 9.97 Å². The normalized spacial score (nSPS) is 19.8. The average molecular weight is 263 g/mol. The predicted molar refractivity (Wildman–Crippen MR) is 79.2 cm³/mol. The zero-order valence-corrected chi connectivity index (χ0v) is 12.0. The summed E-state index contributed by atoms with van der Waals surface area (Å²) in [5.41, 5.74) is 5.82. The molecule has 0 amide bonds. The van der Waals surface area contributed by atoms with Crippen molar-refractivity contribution in [3.63, 3.8) is 0 Å². The lowest BCUT2D eigenvalue weighted by Gasteiger charge is -2.14. The standard InChI is InChI=1S/C14H25N5/c1-3-5-13-17-12(15)8-14(18-13)16-9-11-6-7-19(4-2)10-11/h8,11H,3-7,9-10H2,1-2H3,(H3,15,16,17,18). The van der Waals surface area contributed by atoms with Gasteiger partial charge in [-0.2, -0.15) is 0 Å². The number of aromatic nitrogens is 2. The third-order valence-electron chi connectivity index (χ3n) is 3.65. The fourth-order valence-electron chi connectivity index (χ4n) is 2.56. The molecule has 1 atom stereocenters.